The molecular weight excluding hydrogens is 330 g/mol. The van der Waals surface area contributed by atoms with Gasteiger partial charge in [-0.05, 0) is 41.6 Å². The lowest BCUT2D eigenvalue weighted by Gasteiger charge is -2.04. The van der Waals surface area contributed by atoms with E-state index in [2.05, 4.69) is 20.9 Å². The van der Waals surface area contributed by atoms with Crippen LogP contribution in [0.15, 0.2) is 39.6 Å². The van der Waals surface area contributed by atoms with Crippen LogP contribution in [0.3, 0.4) is 0 Å². The van der Waals surface area contributed by atoms with Crippen molar-refractivity contribution in [1.82, 2.24) is 24.9 Å². The van der Waals surface area contributed by atoms with Crippen molar-refractivity contribution < 1.29 is 14.1 Å². The highest BCUT2D eigenvalue weighted by atomic mass is 16.5. The topological polar surface area (TPSA) is 151 Å². The fourth-order valence-electron chi connectivity index (χ4n) is 2.04. The van der Waals surface area contributed by atoms with Gasteiger partial charge in [-0.15, -0.1) is 0 Å². The lowest BCUT2D eigenvalue weighted by atomic mass is 10.2. The minimum atomic E-state index is -0.699. The molecule has 1 aromatic carbocycles. The van der Waals surface area contributed by atoms with Crippen LogP contribution in [0.5, 0.6) is 0 Å². The number of carbonyl (C=O) groups excluding carboxylic acids is 2. The summed E-state index contributed by atoms with van der Waals surface area (Å²) in [4.78, 5) is 34.9. The van der Waals surface area contributed by atoms with Crippen LogP contribution in [0, 0.1) is 6.92 Å². The molecule has 0 fully saturated rings. The predicted molar refractivity (Wildman–Crippen MR) is 84.0 cm³/mol. The second-order valence-corrected chi connectivity index (χ2v) is 5.12. The van der Waals surface area contributed by atoms with Gasteiger partial charge in [0.2, 0.25) is 5.91 Å². The molecule has 2 amide bonds. The number of carbonyl (C=O) groups is 2. The van der Waals surface area contributed by atoms with Crippen molar-refractivity contribution in [3.63, 3.8) is 0 Å². The summed E-state index contributed by atoms with van der Waals surface area (Å²) in [6.07, 6.45) is 0. The zero-order valence-electron chi connectivity index (χ0n) is 13.0. The Bertz CT molecular complexity index is 983. The lowest BCUT2D eigenvalue weighted by molar-refractivity contribution is -0.118. The van der Waals surface area contributed by atoms with E-state index in [0.29, 0.717) is 17.1 Å². The molecule has 2 heterocycles. The van der Waals surface area contributed by atoms with Gasteiger partial charge in [-0.25, -0.2) is 4.79 Å². The number of nitrogens with zero attached hydrogens (tertiary/aromatic N) is 5. The Morgan fingerprint density at radius 2 is 1.96 bits per heavy atom. The molecule has 0 saturated heterocycles. The second kappa shape index (κ2) is 6.39. The highest BCUT2D eigenvalue weighted by Gasteiger charge is 2.13. The van der Waals surface area contributed by atoms with Crippen LogP contribution in [-0.4, -0.2) is 36.8 Å². The number of anilines is 1. The summed E-state index contributed by atoms with van der Waals surface area (Å²) in [5.41, 5.74) is 5.49. The van der Waals surface area contributed by atoms with Crippen molar-refractivity contribution in [3.8, 4) is 5.69 Å². The first-order chi connectivity index (χ1) is 11.9. The summed E-state index contributed by atoms with van der Waals surface area (Å²) in [5.74, 6) is -0.594. The minimum absolute atomic E-state index is 0.159. The maximum Gasteiger partial charge on any atom is 0.368 e. The Kier molecular flexibility index (Phi) is 4.12. The first kappa shape index (κ1) is 16.1. The van der Waals surface area contributed by atoms with Gasteiger partial charge in [0.25, 0.3) is 5.91 Å². The van der Waals surface area contributed by atoms with Crippen molar-refractivity contribution in [3.05, 3.63) is 52.3 Å². The Morgan fingerprint density at radius 1 is 1.24 bits per heavy atom. The van der Waals surface area contributed by atoms with Gasteiger partial charge in [0.1, 0.15) is 12.3 Å². The number of hydrogen-bond acceptors (Lipinski definition) is 7. The molecule has 3 aromatic rings. The molecule has 2 aromatic heterocycles. The molecule has 11 heteroatoms. The number of amides is 2. The maximum atomic E-state index is 12.1. The average molecular weight is 343 g/mol. The number of nitrogens with one attached hydrogen (secondary N) is 1. The standard InChI is InChI=1S/C14H13N7O4/c1-8-6-11(17-25-8)13(23)16-9-2-4-10(5-3-9)21-14(24)20(18-19-21)7-12(15)22/h2-6H,7H2,1H3,(H2,15,22)(H,16,23). The largest absolute Gasteiger partial charge is 0.368 e. The van der Waals surface area contributed by atoms with Gasteiger partial charge in [0, 0.05) is 11.8 Å². The van der Waals surface area contributed by atoms with E-state index < -0.39 is 17.5 Å². The Balaban J connectivity index is 1.76. The molecule has 0 spiro atoms. The van der Waals surface area contributed by atoms with Crippen molar-refractivity contribution in [2.75, 3.05) is 5.32 Å². The molecule has 0 bridgehead atoms. The van der Waals surface area contributed by atoms with E-state index in [9.17, 15) is 14.4 Å². The molecule has 0 aliphatic heterocycles. The first-order valence-electron chi connectivity index (χ1n) is 7.10. The third-order valence-corrected chi connectivity index (χ3v) is 3.18. The zero-order chi connectivity index (χ0) is 18.0. The summed E-state index contributed by atoms with van der Waals surface area (Å²) in [6.45, 7) is 1.33. The minimum Gasteiger partial charge on any atom is -0.368 e. The number of benzene rings is 1. The van der Waals surface area contributed by atoms with Gasteiger partial charge in [-0.3, -0.25) is 9.59 Å². The van der Waals surface area contributed by atoms with Gasteiger partial charge in [0.15, 0.2) is 5.69 Å². The van der Waals surface area contributed by atoms with E-state index in [1.54, 1.807) is 31.2 Å². The van der Waals surface area contributed by atoms with Gasteiger partial charge in [-0.1, -0.05) is 5.16 Å². The second-order valence-electron chi connectivity index (χ2n) is 5.12. The molecule has 11 nitrogen and oxygen atoms in total. The SMILES string of the molecule is Cc1cc(C(=O)Nc2ccc(-n3nnn(CC(N)=O)c3=O)cc2)no1. The van der Waals surface area contributed by atoms with E-state index in [1.807, 2.05) is 0 Å². The Morgan fingerprint density at radius 3 is 2.56 bits per heavy atom. The molecule has 3 rings (SSSR count). The van der Waals surface area contributed by atoms with Crippen LogP contribution in [0.1, 0.15) is 16.2 Å². The highest BCUT2D eigenvalue weighted by Crippen LogP contribution is 2.13. The van der Waals surface area contributed by atoms with E-state index in [0.717, 1.165) is 9.36 Å². The molecule has 0 saturated carbocycles. The quantitative estimate of drug-likeness (QED) is 0.631. The summed E-state index contributed by atoms with van der Waals surface area (Å²) < 4.78 is 6.71. The van der Waals surface area contributed by atoms with Crippen LogP contribution in [0.25, 0.3) is 5.69 Å². The fourth-order valence-corrected chi connectivity index (χ4v) is 2.04. The van der Waals surface area contributed by atoms with Crippen molar-refractivity contribution in [2.24, 2.45) is 5.73 Å². The molecule has 3 N–H and O–H groups in total. The summed E-state index contributed by atoms with van der Waals surface area (Å²) in [5, 5.41) is 13.5. The molecule has 0 atom stereocenters. The maximum absolute atomic E-state index is 12.1. The number of nitrogens with two attached hydrogens (primary N) is 1. The number of rotatable bonds is 5. The van der Waals surface area contributed by atoms with Gasteiger partial charge in [-0.2, -0.15) is 9.36 Å². The van der Waals surface area contributed by atoms with E-state index >= 15 is 0 Å². The van der Waals surface area contributed by atoms with E-state index in [-0.39, 0.29) is 12.2 Å². The molecular formula is C14H13N7O4. The molecule has 0 aliphatic rings. The summed E-state index contributed by atoms with van der Waals surface area (Å²) in [7, 11) is 0. The van der Waals surface area contributed by atoms with Crippen LogP contribution in [0.4, 0.5) is 5.69 Å². The number of hydrogen-bond donors (Lipinski definition) is 2. The molecule has 0 radical (unpaired) electrons. The molecule has 25 heavy (non-hydrogen) atoms. The Hall–Kier alpha value is -3.76. The molecule has 128 valence electrons. The van der Waals surface area contributed by atoms with Crippen LogP contribution in [0.2, 0.25) is 0 Å². The first-order valence-corrected chi connectivity index (χ1v) is 7.10. The Labute approximate surface area is 140 Å². The van der Waals surface area contributed by atoms with Gasteiger partial charge >= 0.3 is 5.69 Å². The monoisotopic (exact) mass is 343 g/mol. The number of primary amides is 1. The highest BCUT2D eigenvalue weighted by molar-refractivity contribution is 6.02. The van der Waals surface area contributed by atoms with Crippen molar-refractivity contribution >= 4 is 17.5 Å². The summed E-state index contributed by atoms with van der Waals surface area (Å²) in [6, 6.07) is 7.81. The van der Waals surface area contributed by atoms with Crippen molar-refractivity contribution in [2.45, 2.75) is 13.5 Å². The molecule has 0 unspecified atom stereocenters. The number of aromatic nitrogens is 5. The zero-order valence-corrected chi connectivity index (χ0v) is 13.0. The predicted octanol–water partition coefficient (Wildman–Crippen LogP) is -0.537. The third kappa shape index (κ3) is 3.44. The summed E-state index contributed by atoms with van der Waals surface area (Å²) >= 11 is 0. The van der Waals surface area contributed by atoms with E-state index in [1.165, 1.54) is 6.07 Å². The average Bonchev–Trinajstić information content (AvgIpc) is 3.15. The van der Waals surface area contributed by atoms with Crippen LogP contribution in [-0.2, 0) is 11.3 Å². The third-order valence-electron chi connectivity index (χ3n) is 3.18. The fraction of sp³-hybridized carbons (Fsp3) is 0.143. The number of aryl methyl sites for hydroxylation is 1. The van der Waals surface area contributed by atoms with Crippen LogP contribution >= 0.6 is 0 Å². The van der Waals surface area contributed by atoms with Gasteiger partial charge in [0.05, 0.1) is 5.69 Å². The lowest BCUT2D eigenvalue weighted by Crippen LogP contribution is -2.30. The normalized spacial score (nSPS) is 10.6. The van der Waals surface area contributed by atoms with Crippen molar-refractivity contribution in [1.29, 1.82) is 0 Å². The van der Waals surface area contributed by atoms with Gasteiger partial charge < -0.3 is 15.6 Å². The van der Waals surface area contributed by atoms with Crippen LogP contribution < -0.4 is 16.7 Å². The van der Waals surface area contributed by atoms with E-state index in [4.69, 9.17) is 10.3 Å². The number of tetrazole rings is 1. The molecule has 0 aliphatic carbocycles. The smallest absolute Gasteiger partial charge is 0.368 e.